The van der Waals surface area contributed by atoms with Crippen molar-refractivity contribution in [2.75, 3.05) is 45.4 Å². The van der Waals surface area contributed by atoms with E-state index in [-0.39, 0.29) is 12.4 Å². The molecule has 0 spiro atoms. The maximum atomic E-state index is 10.6. The first-order valence-electron chi connectivity index (χ1n) is 9.78. The number of rotatable bonds is 13. The molecule has 26 heavy (non-hydrogen) atoms. The molecule has 1 rings (SSSR count). The minimum absolute atomic E-state index is 0.0665. The largest absolute Gasteiger partial charge is 0.494 e. The number of anilines is 1. The van der Waals surface area contributed by atoms with E-state index in [1.165, 1.54) is 6.92 Å². The molecule has 5 heteroatoms. The predicted octanol–water partition coefficient (Wildman–Crippen LogP) is 4.95. The van der Waals surface area contributed by atoms with Crippen molar-refractivity contribution in [2.45, 2.75) is 53.9 Å². The van der Waals surface area contributed by atoms with Crippen molar-refractivity contribution in [1.29, 1.82) is 0 Å². The number of hydrogen-bond donors (Lipinski definition) is 1. The van der Waals surface area contributed by atoms with Crippen LogP contribution in [0.1, 0.15) is 53.9 Å². The van der Waals surface area contributed by atoms with Crippen LogP contribution >= 0.6 is 0 Å². The third kappa shape index (κ3) is 17.2. The molecule has 0 fully saturated rings. The molecule has 0 aliphatic heterocycles. The monoisotopic (exact) mass is 369 g/mol. The van der Waals surface area contributed by atoms with Crippen LogP contribution in [0.5, 0.6) is 5.75 Å². The first-order valence-corrected chi connectivity index (χ1v) is 9.78. The maximum Gasteiger partial charge on any atom is 0.155 e. The van der Waals surface area contributed by atoms with Gasteiger partial charge < -0.3 is 19.5 Å². The molecule has 0 unspecified atom stereocenters. The van der Waals surface area contributed by atoms with Crippen LogP contribution in [-0.2, 0) is 14.3 Å². The average molecular weight is 370 g/mol. The molecule has 0 heterocycles. The second-order valence-corrected chi connectivity index (χ2v) is 5.05. The SMILES string of the molecule is CC.CC.CNc1ccc(OCCCOCCCCOCC(C)=O)cc1. The zero-order valence-corrected chi connectivity index (χ0v) is 17.6. The van der Waals surface area contributed by atoms with Crippen LogP contribution in [0.3, 0.4) is 0 Å². The van der Waals surface area contributed by atoms with Crippen LogP contribution in [0.2, 0.25) is 0 Å². The molecule has 5 nitrogen and oxygen atoms in total. The zero-order valence-electron chi connectivity index (χ0n) is 17.6. The molecule has 0 saturated carbocycles. The summed E-state index contributed by atoms with van der Waals surface area (Å²) in [4.78, 5) is 10.6. The molecular weight excluding hydrogens is 330 g/mol. The van der Waals surface area contributed by atoms with Gasteiger partial charge in [-0.3, -0.25) is 4.79 Å². The standard InChI is InChI=1S/C17H27NO4.2C2H6/c1-15(19)14-21-11-4-3-10-20-12-5-13-22-17-8-6-16(18-2)7-9-17;2*1-2/h6-9,18H,3-5,10-14H2,1-2H3;2*1-2H3. The summed E-state index contributed by atoms with van der Waals surface area (Å²) in [7, 11) is 1.89. The van der Waals surface area contributed by atoms with Gasteiger partial charge in [-0.25, -0.2) is 0 Å². The molecule has 0 bridgehead atoms. The molecule has 1 N–H and O–H groups in total. The third-order valence-corrected chi connectivity index (χ3v) is 2.98. The summed E-state index contributed by atoms with van der Waals surface area (Å²) in [5, 5.41) is 3.07. The Morgan fingerprint density at radius 3 is 1.92 bits per heavy atom. The number of carbonyl (C=O) groups is 1. The number of unbranched alkanes of at least 4 members (excludes halogenated alkanes) is 1. The lowest BCUT2D eigenvalue weighted by Crippen LogP contribution is -2.07. The van der Waals surface area contributed by atoms with Crippen molar-refractivity contribution in [3.05, 3.63) is 24.3 Å². The van der Waals surface area contributed by atoms with E-state index in [9.17, 15) is 4.79 Å². The number of ketones is 1. The highest BCUT2D eigenvalue weighted by Crippen LogP contribution is 2.15. The Bertz CT molecular complexity index is 407. The summed E-state index contributed by atoms with van der Waals surface area (Å²) in [5.41, 5.74) is 1.07. The maximum absolute atomic E-state index is 10.6. The highest BCUT2D eigenvalue weighted by atomic mass is 16.5. The molecule has 0 atom stereocenters. The van der Waals surface area contributed by atoms with E-state index in [0.29, 0.717) is 19.8 Å². The van der Waals surface area contributed by atoms with Crippen molar-refractivity contribution in [3.63, 3.8) is 0 Å². The topological polar surface area (TPSA) is 56.8 Å². The van der Waals surface area contributed by atoms with Gasteiger partial charge >= 0.3 is 0 Å². The summed E-state index contributed by atoms with van der Waals surface area (Å²) >= 11 is 0. The summed E-state index contributed by atoms with van der Waals surface area (Å²) in [6.45, 7) is 12.4. The molecule has 0 amide bonds. The zero-order chi connectivity index (χ0) is 20.0. The number of benzene rings is 1. The van der Waals surface area contributed by atoms with Crippen molar-refractivity contribution >= 4 is 11.5 Å². The molecule has 1 aromatic rings. The Morgan fingerprint density at radius 1 is 0.846 bits per heavy atom. The van der Waals surface area contributed by atoms with E-state index in [1.807, 2.05) is 59.0 Å². The molecule has 1 aromatic carbocycles. The Hall–Kier alpha value is -1.59. The summed E-state index contributed by atoms with van der Waals surface area (Å²) < 4.78 is 16.3. The number of Topliss-reactive ketones (excluding diaryl/α,β-unsaturated/α-hetero) is 1. The van der Waals surface area contributed by atoms with Gasteiger partial charge in [0.15, 0.2) is 5.78 Å². The lowest BCUT2D eigenvalue weighted by molar-refractivity contribution is -0.121. The fourth-order valence-electron chi connectivity index (χ4n) is 1.80. The van der Waals surface area contributed by atoms with Gasteiger partial charge in [-0.15, -0.1) is 0 Å². The Kier molecular flexibility index (Phi) is 22.0. The van der Waals surface area contributed by atoms with Crippen LogP contribution in [-0.4, -0.2) is 45.9 Å². The van der Waals surface area contributed by atoms with Crippen LogP contribution in [0.25, 0.3) is 0 Å². The molecule has 0 saturated heterocycles. The van der Waals surface area contributed by atoms with E-state index >= 15 is 0 Å². The second-order valence-electron chi connectivity index (χ2n) is 5.05. The van der Waals surface area contributed by atoms with Crippen molar-refractivity contribution < 1.29 is 19.0 Å². The van der Waals surface area contributed by atoms with Gasteiger partial charge in [0.25, 0.3) is 0 Å². The van der Waals surface area contributed by atoms with E-state index in [1.54, 1.807) is 0 Å². The molecule has 0 aliphatic carbocycles. The van der Waals surface area contributed by atoms with Gasteiger partial charge in [-0.05, 0) is 44.0 Å². The number of carbonyl (C=O) groups excluding carboxylic acids is 1. The van der Waals surface area contributed by atoms with Crippen LogP contribution < -0.4 is 10.1 Å². The summed E-state index contributed by atoms with van der Waals surface area (Å²) in [6, 6.07) is 7.88. The fourth-order valence-corrected chi connectivity index (χ4v) is 1.80. The molecule has 0 aromatic heterocycles. The summed E-state index contributed by atoms with van der Waals surface area (Å²) in [6.07, 6.45) is 2.74. The normalized spacial score (nSPS) is 9.31. The third-order valence-electron chi connectivity index (χ3n) is 2.98. The van der Waals surface area contributed by atoms with E-state index in [4.69, 9.17) is 14.2 Å². The molecule has 152 valence electrons. The first kappa shape index (κ1) is 26.6. The Morgan fingerprint density at radius 2 is 1.38 bits per heavy atom. The van der Waals surface area contributed by atoms with Gasteiger partial charge in [0.05, 0.1) is 6.61 Å². The lowest BCUT2D eigenvalue weighted by Gasteiger charge is -2.08. The average Bonchev–Trinajstić information content (AvgIpc) is 2.69. The lowest BCUT2D eigenvalue weighted by atomic mass is 10.3. The second kappa shape index (κ2) is 21.5. The first-order chi connectivity index (χ1) is 12.7. The van der Waals surface area contributed by atoms with Gasteiger partial charge in [0.1, 0.15) is 12.4 Å². The van der Waals surface area contributed by atoms with Crippen molar-refractivity contribution in [2.24, 2.45) is 0 Å². The Labute approximate surface area is 160 Å². The minimum atomic E-state index is 0.0665. The number of nitrogens with one attached hydrogen (secondary N) is 1. The molecule has 0 radical (unpaired) electrons. The highest BCUT2D eigenvalue weighted by molar-refractivity contribution is 5.76. The van der Waals surface area contributed by atoms with Gasteiger partial charge in [0, 0.05) is 39.0 Å². The van der Waals surface area contributed by atoms with Crippen molar-refractivity contribution in [3.8, 4) is 5.75 Å². The van der Waals surface area contributed by atoms with Gasteiger partial charge in [0.2, 0.25) is 0 Å². The van der Waals surface area contributed by atoms with Crippen LogP contribution in [0.4, 0.5) is 5.69 Å². The van der Waals surface area contributed by atoms with Crippen LogP contribution in [0, 0.1) is 0 Å². The van der Waals surface area contributed by atoms with E-state index in [0.717, 1.165) is 37.3 Å². The molecular formula is C21H39NO4. The van der Waals surface area contributed by atoms with Crippen molar-refractivity contribution in [1.82, 2.24) is 0 Å². The number of ether oxygens (including phenoxy) is 3. The minimum Gasteiger partial charge on any atom is -0.494 e. The summed E-state index contributed by atoms with van der Waals surface area (Å²) in [5.74, 6) is 0.943. The predicted molar refractivity (Wildman–Crippen MR) is 110 cm³/mol. The molecule has 0 aliphatic rings. The van der Waals surface area contributed by atoms with Crippen LogP contribution in [0.15, 0.2) is 24.3 Å². The van der Waals surface area contributed by atoms with E-state index in [2.05, 4.69) is 5.32 Å². The quantitative estimate of drug-likeness (QED) is 0.498. The van der Waals surface area contributed by atoms with E-state index < -0.39 is 0 Å². The highest BCUT2D eigenvalue weighted by Gasteiger charge is 1.96. The van der Waals surface area contributed by atoms with Gasteiger partial charge in [-0.2, -0.15) is 0 Å². The fraction of sp³-hybridized carbons (Fsp3) is 0.667. The smallest absolute Gasteiger partial charge is 0.155 e. The Balaban J connectivity index is 0. The van der Waals surface area contributed by atoms with Gasteiger partial charge in [-0.1, -0.05) is 27.7 Å². The number of hydrogen-bond acceptors (Lipinski definition) is 5.